The third kappa shape index (κ3) is 9.71. The molecule has 1 atom stereocenters. The number of rotatable bonds is 10. The van der Waals surface area contributed by atoms with Crippen LogP contribution in [0.2, 0.25) is 0 Å². The minimum absolute atomic E-state index is 0.0318. The average molecular weight is 654 g/mol. The number of sulfonamides is 1. The predicted octanol–water partition coefficient (Wildman–Crippen LogP) is 5.58. The Hall–Kier alpha value is -3.15. The van der Waals surface area contributed by atoms with Crippen LogP contribution in [0.5, 0.6) is 0 Å². The van der Waals surface area contributed by atoms with Crippen molar-refractivity contribution in [2.45, 2.75) is 48.0 Å². The molecule has 224 valence electrons. The number of nitrogens with two attached hydrogens (primary N) is 2. The molecule has 0 radical (unpaired) electrons. The molecule has 0 fully saturated rings. The smallest absolute Gasteiger partial charge is 0.435 e. The number of carbonyl (C=O) groups excluding carboxylic acids is 2. The highest BCUT2D eigenvalue weighted by Crippen LogP contribution is 2.27. The number of benzene rings is 3. The Bertz CT molecular complexity index is 1560. The largest absolute Gasteiger partial charge is 0.443 e. The summed E-state index contributed by atoms with van der Waals surface area (Å²) in [5, 5.41) is 5.38. The Morgan fingerprint density at radius 3 is 2.29 bits per heavy atom. The van der Waals surface area contributed by atoms with Gasteiger partial charge in [-0.05, 0) is 42.2 Å². The van der Waals surface area contributed by atoms with E-state index in [1.165, 1.54) is 6.07 Å². The van der Waals surface area contributed by atoms with Gasteiger partial charge in [0.1, 0.15) is 12.4 Å². The summed E-state index contributed by atoms with van der Waals surface area (Å²) in [5.41, 5.74) is 9.17. The fourth-order valence-corrected chi connectivity index (χ4v) is 5.03. The van der Waals surface area contributed by atoms with Gasteiger partial charge >= 0.3 is 6.09 Å². The lowest BCUT2D eigenvalue weighted by atomic mass is 10.0. The van der Waals surface area contributed by atoms with Crippen molar-refractivity contribution in [1.29, 1.82) is 0 Å². The molecule has 0 spiro atoms. The molecule has 1 unspecified atom stereocenters. The van der Waals surface area contributed by atoms with E-state index in [1.807, 2.05) is 19.9 Å². The number of halogens is 3. The van der Waals surface area contributed by atoms with Gasteiger partial charge in [-0.3, -0.25) is 4.79 Å². The average Bonchev–Trinajstić information content (AvgIpc) is 2.94. The molecule has 13 heteroatoms. The van der Waals surface area contributed by atoms with E-state index in [9.17, 15) is 18.0 Å². The van der Waals surface area contributed by atoms with Gasteiger partial charge < -0.3 is 15.4 Å². The van der Waals surface area contributed by atoms with Crippen LogP contribution in [0.3, 0.4) is 0 Å². The van der Waals surface area contributed by atoms with Crippen LogP contribution in [0.4, 0.5) is 4.79 Å². The summed E-state index contributed by atoms with van der Waals surface area (Å²) in [6, 6.07) is 20.5. The van der Waals surface area contributed by atoms with E-state index < -0.39 is 26.5 Å². The lowest BCUT2D eigenvalue weighted by molar-refractivity contribution is -0.133. The molecular weight excluding hydrogens is 623 g/mol. The van der Waals surface area contributed by atoms with Crippen molar-refractivity contribution < 1.29 is 22.7 Å². The van der Waals surface area contributed by atoms with Gasteiger partial charge in [-0.1, -0.05) is 102 Å². The monoisotopic (exact) mass is 652 g/mol. The summed E-state index contributed by atoms with van der Waals surface area (Å²) < 4.78 is 27.0. The van der Waals surface area contributed by atoms with Gasteiger partial charge in [0.05, 0.1) is 11.3 Å². The van der Waals surface area contributed by atoms with Gasteiger partial charge in [-0.25, -0.2) is 18.4 Å². The number of amides is 2. The number of amidine groups is 1. The molecule has 3 rings (SSSR count). The standard InChI is InChI=1S/C29H31Cl3N4O5S/c1-3-19(2)36(17-21-7-6-8-23(15-21)27(33)35-28(38)41-18-29(30,31)32)26(37)16-20-11-13-22(14-12-20)24-9-4-5-10-25(24)42(34,39)40/h4-15,19H,3,16-18H2,1-2H3,(H2,33,35,38)(H2,34,39,40). The van der Waals surface area contributed by atoms with E-state index in [2.05, 4.69) is 4.99 Å². The molecule has 0 saturated heterocycles. The van der Waals surface area contributed by atoms with Crippen molar-refractivity contribution in [3.05, 3.63) is 89.5 Å². The molecule has 2 amide bonds. The van der Waals surface area contributed by atoms with Crippen LogP contribution in [-0.2, 0) is 32.5 Å². The zero-order chi connectivity index (χ0) is 31.1. The van der Waals surface area contributed by atoms with Gasteiger partial charge in [-0.15, -0.1) is 0 Å². The SMILES string of the molecule is CCC(C)N(Cc1cccc(C(N)=NC(=O)OCC(Cl)(Cl)Cl)c1)C(=O)Cc1ccc(-c2ccccc2S(N)(=O)=O)cc1. The number of primary sulfonamides is 1. The normalized spacial score (nSPS) is 13.0. The number of ether oxygens (including phenoxy) is 1. The lowest BCUT2D eigenvalue weighted by Gasteiger charge is -2.29. The van der Waals surface area contributed by atoms with Gasteiger partial charge in [0.15, 0.2) is 0 Å². The third-order valence-electron chi connectivity index (χ3n) is 6.40. The second-order valence-corrected chi connectivity index (χ2v) is 13.6. The first-order valence-electron chi connectivity index (χ1n) is 12.9. The molecule has 3 aromatic carbocycles. The molecule has 3 aromatic rings. The van der Waals surface area contributed by atoms with E-state index in [1.54, 1.807) is 65.6 Å². The van der Waals surface area contributed by atoms with Gasteiger partial charge in [0.25, 0.3) is 0 Å². The topological polar surface area (TPSA) is 145 Å². The Morgan fingerprint density at radius 1 is 1.00 bits per heavy atom. The second-order valence-electron chi connectivity index (χ2n) is 9.56. The van der Waals surface area contributed by atoms with Gasteiger partial charge in [0.2, 0.25) is 19.7 Å². The van der Waals surface area contributed by atoms with Crippen molar-refractivity contribution in [2.24, 2.45) is 15.9 Å². The van der Waals surface area contributed by atoms with E-state index in [-0.39, 0.29) is 29.1 Å². The Morgan fingerprint density at radius 2 is 1.67 bits per heavy atom. The first-order valence-corrected chi connectivity index (χ1v) is 15.5. The molecule has 0 aliphatic rings. The van der Waals surface area contributed by atoms with Crippen molar-refractivity contribution in [2.75, 3.05) is 6.61 Å². The Kier molecular flexibility index (Phi) is 11.4. The highest BCUT2D eigenvalue weighted by molar-refractivity contribution is 7.89. The zero-order valence-corrected chi connectivity index (χ0v) is 26.1. The minimum Gasteiger partial charge on any atom is -0.443 e. The van der Waals surface area contributed by atoms with Crippen LogP contribution in [0, 0.1) is 0 Å². The molecular formula is C29H31Cl3N4O5S. The number of aliphatic imine (C=N–C) groups is 1. The summed E-state index contributed by atoms with van der Waals surface area (Å²) in [7, 11) is -3.90. The Balaban J connectivity index is 1.76. The second kappa shape index (κ2) is 14.3. The maximum Gasteiger partial charge on any atom is 0.435 e. The fourth-order valence-electron chi connectivity index (χ4n) is 4.11. The van der Waals surface area contributed by atoms with Crippen LogP contribution in [0.15, 0.2) is 82.7 Å². The fraction of sp³-hybridized carbons (Fsp3) is 0.276. The first-order chi connectivity index (χ1) is 19.7. The first kappa shape index (κ1) is 33.4. The van der Waals surface area contributed by atoms with Crippen molar-refractivity contribution in [3.63, 3.8) is 0 Å². The Labute approximate surface area is 260 Å². The van der Waals surface area contributed by atoms with E-state index in [0.717, 1.165) is 17.5 Å². The van der Waals surface area contributed by atoms with Gasteiger partial charge in [0, 0.05) is 23.7 Å². The molecule has 0 aromatic heterocycles. The molecule has 42 heavy (non-hydrogen) atoms. The number of alkyl halides is 3. The van der Waals surface area contributed by atoms with Crippen molar-refractivity contribution >= 4 is 62.7 Å². The van der Waals surface area contributed by atoms with Crippen LogP contribution in [0.1, 0.15) is 37.0 Å². The summed E-state index contributed by atoms with van der Waals surface area (Å²) in [6.45, 7) is 3.77. The summed E-state index contributed by atoms with van der Waals surface area (Å²) in [5.74, 6) is -0.180. The number of hydrogen-bond donors (Lipinski definition) is 2. The number of carbonyl (C=O) groups is 2. The van der Waals surface area contributed by atoms with Crippen molar-refractivity contribution in [1.82, 2.24) is 4.90 Å². The number of hydrogen-bond acceptors (Lipinski definition) is 5. The van der Waals surface area contributed by atoms with E-state index in [4.69, 9.17) is 50.4 Å². The van der Waals surface area contributed by atoms with Crippen LogP contribution < -0.4 is 10.9 Å². The summed E-state index contributed by atoms with van der Waals surface area (Å²) >= 11 is 16.8. The molecule has 0 saturated carbocycles. The molecule has 0 bridgehead atoms. The maximum atomic E-state index is 13.5. The molecule has 0 aliphatic carbocycles. The highest BCUT2D eigenvalue weighted by atomic mass is 35.6. The lowest BCUT2D eigenvalue weighted by Crippen LogP contribution is -2.38. The minimum atomic E-state index is -3.90. The highest BCUT2D eigenvalue weighted by Gasteiger charge is 2.23. The predicted molar refractivity (Wildman–Crippen MR) is 166 cm³/mol. The molecule has 0 heterocycles. The van der Waals surface area contributed by atoms with E-state index >= 15 is 0 Å². The quantitative estimate of drug-likeness (QED) is 0.166. The molecule has 4 N–H and O–H groups in total. The number of nitrogens with zero attached hydrogens (tertiary/aromatic N) is 2. The zero-order valence-electron chi connectivity index (χ0n) is 23.0. The van der Waals surface area contributed by atoms with Gasteiger partial charge in [-0.2, -0.15) is 4.99 Å². The summed E-state index contributed by atoms with van der Waals surface area (Å²) in [4.78, 5) is 30.9. The van der Waals surface area contributed by atoms with Crippen LogP contribution in [-0.4, -0.2) is 47.6 Å². The van der Waals surface area contributed by atoms with Crippen LogP contribution >= 0.6 is 34.8 Å². The molecule has 9 nitrogen and oxygen atoms in total. The van der Waals surface area contributed by atoms with Crippen molar-refractivity contribution in [3.8, 4) is 11.1 Å². The maximum absolute atomic E-state index is 13.5. The van der Waals surface area contributed by atoms with Crippen LogP contribution in [0.25, 0.3) is 11.1 Å². The molecule has 0 aliphatic heterocycles. The summed E-state index contributed by atoms with van der Waals surface area (Å²) in [6.07, 6.45) is -0.132. The third-order valence-corrected chi connectivity index (χ3v) is 7.70. The van der Waals surface area contributed by atoms with E-state index in [0.29, 0.717) is 23.2 Å².